The Balaban J connectivity index is 1.61. The van der Waals surface area contributed by atoms with E-state index >= 15 is 0 Å². The number of nitrogens with zero attached hydrogens (tertiary/aromatic N) is 3. The molecule has 0 radical (unpaired) electrons. The molecule has 3 aromatic carbocycles. The first-order chi connectivity index (χ1) is 18.9. The van der Waals surface area contributed by atoms with Gasteiger partial charge in [0.25, 0.3) is 17.3 Å². The van der Waals surface area contributed by atoms with Crippen molar-refractivity contribution in [2.75, 3.05) is 7.11 Å². The van der Waals surface area contributed by atoms with Gasteiger partial charge < -0.3 is 14.2 Å². The zero-order valence-corrected chi connectivity index (χ0v) is 24.4. The van der Waals surface area contributed by atoms with Gasteiger partial charge in [0.2, 0.25) is 0 Å². The van der Waals surface area contributed by atoms with Crippen LogP contribution < -0.4 is 14.2 Å². The first kappa shape index (κ1) is 29.2. The number of nitro groups is 2. The number of nitrogens with one attached hydrogen (secondary N) is 1. The number of non-ortho nitro benzene ring substituents is 1. The molecule has 40 heavy (non-hydrogen) atoms. The number of carbonyl (C=O) groups excluding carboxylic acids is 1. The molecule has 1 aliphatic heterocycles. The molecule has 13 nitrogen and oxygen atoms in total. The van der Waals surface area contributed by atoms with Crippen LogP contribution in [0.15, 0.2) is 69.4 Å². The lowest BCUT2D eigenvalue weighted by Crippen LogP contribution is -2.19. The fraction of sp³-hybridized carbons (Fsp3) is 0.0435. The Hall–Kier alpha value is -3.74. The topological polar surface area (TPSA) is 180 Å². The van der Waals surface area contributed by atoms with Gasteiger partial charge in [-0.15, -0.1) is 0 Å². The van der Waals surface area contributed by atoms with Crippen LogP contribution in [0, 0.1) is 23.8 Å². The number of hydrogen-bond donors (Lipinski definition) is 1. The van der Waals surface area contributed by atoms with Crippen LogP contribution in [0.1, 0.15) is 5.56 Å². The number of amides is 1. The third-order valence-electron chi connectivity index (χ3n) is 5.09. The minimum atomic E-state index is -4.37. The maximum Gasteiger partial charge on any atom is 0.339 e. The fourth-order valence-electron chi connectivity index (χ4n) is 3.27. The van der Waals surface area contributed by atoms with Crippen molar-refractivity contribution in [3.05, 3.63) is 93.9 Å². The Bertz CT molecular complexity index is 1730. The van der Waals surface area contributed by atoms with Crippen molar-refractivity contribution < 1.29 is 32.0 Å². The summed E-state index contributed by atoms with van der Waals surface area (Å²) in [5.41, 5.74) is -0.147. The van der Waals surface area contributed by atoms with Crippen molar-refractivity contribution in [1.29, 1.82) is 0 Å². The highest BCUT2D eigenvalue weighted by atomic mass is 127. The Morgan fingerprint density at radius 1 is 1.07 bits per heavy atom. The summed E-state index contributed by atoms with van der Waals surface area (Å²) in [6, 6.07) is 11.1. The summed E-state index contributed by atoms with van der Waals surface area (Å²) in [6.45, 7) is 0. The van der Waals surface area contributed by atoms with Gasteiger partial charge in [-0.1, -0.05) is 11.6 Å². The molecule has 0 saturated carbocycles. The van der Waals surface area contributed by atoms with Crippen LogP contribution in [-0.2, 0) is 14.9 Å². The second kappa shape index (κ2) is 11.8. The van der Waals surface area contributed by atoms with Crippen LogP contribution >= 0.6 is 46.0 Å². The van der Waals surface area contributed by atoms with Crippen molar-refractivity contribution in [2.24, 2.45) is 4.99 Å². The van der Waals surface area contributed by atoms with Crippen molar-refractivity contribution in [1.82, 2.24) is 5.32 Å². The summed E-state index contributed by atoms with van der Waals surface area (Å²) in [5.74, 6) is -0.585. The average Bonchev–Trinajstić information content (AvgIpc) is 3.24. The number of carbonyl (C=O) groups is 1. The molecule has 4 rings (SSSR count). The van der Waals surface area contributed by atoms with E-state index in [9.17, 15) is 33.4 Å². The molecule has 0 aromatic heterocycles. The number of nitro benzene ring substituents is 2. The predicted molar refractivity (Wildman–Crippen MR) is 156 cm³/mol. The highest BCUT2D eigenvalue weighted by Gasteiger charge is 2.27. The molecule has 0 unspecified atom stereocenters. The molecule has 1 amide bonds. The summed E-state index contributed by atoms with van der Waals surface area (Å²) >= 11 is 8.61. The third kappa shape index (κ3) is 6.52. The standard InChI is InChI=1S/C23H14ClIN4O9S2/c1-37-19-9-12(8-16(25)21(19)38-40(35,36)15-5-3-14(4-6-15)28(31)32)10-20-22(30)27-23(39-20)26-17-7-2-13(24)11-18(17)29(33)34/h2-11H,1H3,(H,26,27,30)/b20-10+. The maximum atomic E-state index is 12.8. The van der Waals surface area contributed by atoms with Crippen LogP contribution in [0.5, 0.6) is 11.5 Å². The number of benzene rings is 3. The van der Waals surface area contributed by atoms with E-state index in [2.05, 4.69) is 10.3 Å². The Morgan fingerprint density at radius 3 is 2.40 bits per heavy atom. The van der Waals surface area contributed by atoms with Crippen molar-refractivity contribution in [3.8, 4) is 11.5 Å². The molecule has 17 heteroatoms. The molecule has 0 spiro atoms. The molecule has 1 N–H and O–H groups in total. The first-order valence-corrected chi connectivity index (χ1v) is 14.4. The van der Waals surface area contributed by atoms with Gasteiger partial charge in [0.15, 0.2) is 16.7 Å². The van der Waals surface area contributed by atoms with Crippen molar-refractivity contribution >= 4 is 90.3 Å². The molecule has 1 heterocycles. The van der Waals surface area contributed by atoms with E-state index in [1.807, 2.05) is 22.6 Å². The predicted octanol–water partition coefficient (Wildman–Crippen LogP) is 5.43. The highest BCUT2D eigenvalue weighted by molar-refractivity contribution is 14.1. The molecule has 0 aliphatic carbocycles. The zero-order chi connectivity index (χ0) is 29.2. The smallest absolute Gasteiger partial charge is 0.339 e. The molecule has 0 atom stereocenters. The molecule has 1 saturated heterocycles. The number of aliphatic imine (C=N–C) groups is 1. The van der Waals surface area contributed by atoms with E-state index in [4.69, 9.17) is 20.5 Å². The normalized spacial score (nSPS) is 15.2. The summed E-state index contributed by atoms with van der Waals surface area (Å²) in [7, 11) is -3.07. The number of ether oxygens (including phenoxy) is 1. The fourth-order valence-corrected chi connectivity index (χ4v) is 6.12. The third-order valence-corrected chi connectivity index (χ3v) is 8.27. The van der Waals surface area contributed by atoms with Crippen LogP contribution in [0.25, 0.3) is 6.08 Å². The number of thioether (sulfide) groups is 1. The van der Waals surface area contributed by atoms with Gasteiger partial charge in [-0.25, -0.2) is 4.99 Å². The minimum Gasteiger partial charge on any atom is -0.493 e. The number of rotatable bonds is 8. The number of amidine groups is 1. The van der Waals surface area contributed by atoms with Gasteiger partial charge >= 0.3 is 10.1 Å². The Kier molecular flexibility index (Phi) is 8.62. The SMILES string of the molecule is COc1cc(/C=C2/SC(=Nc3ccc(Cl)cc3[N+](=O)[O-])NC2=O)cc(I)c1OS(=O)(=O)c1ccc([N+](=O)[O-])cc1. The minimum absolute atomic E-state index is 0.00500. The van der Waals surface area contributed by atoms with Crippen LogP contribution in [0.4, 0.5) is 17.1 Å². The van der Waals surface area contributed by atoms with E-state index in [0.717, 1.165) is 42.1 Å². The van der Waals surface area contributed by atoms with Gasteiger partial charge in [-0.05, 0) is 82.4 Å². The summed E-state index contributed by atoms with van der Waals surface area (Å²) < 4.78 is 36.5. The van der Waals surface area contributed by atoms with Gasteiger partial charge in [0.05, 0.1) is 25.4 Å². The lowest BCUT2D eigenvalue weighted by atomic mass is 10.2. The second-order valence-corrected chi connectivity index (χ2v) is 11.9. The lowest BCUT2D eigenvalue weighted by molar-refractivity contribution is -0.384. The zero-order valence-electron chi connectivity index (χ0n) is 19.9. The molecule has 0 bridgehead atoms. The largest absolute Gasteiger partial charge is 0.493 e. The molecular weight excluding hydrogens is 703 g/mol. The van der Waals surface area contributed by atoms with E-state index in [-0.39, 0.29) is 48.6 Å². The number of methoxy groups -OCH3 is 1. The average molecular weight is 717 g/mol. The van der Waals surface area contributed by atoms with Gasteiger partial charge in [0.1, 0.15) is 10.6 Å². The summed E-state index contributed by atoms with van der Waals surface area (Å²) in [5, 5.41) is 25.0. The quantitative estimate of drug-likeness (QED) is 0.104. The van der Waals surface area contributed by atoms with Crippen LogP contribution in [0.2, 0.25) is 5.02 Å². The van der Waals surface area contributed by atoms with Crippen molar-refractivity contribution in [3.63, 3.8) is 0 Å². The van der Waals surface area contributed by atoms with Gasteiger partial charge in [-0.2, -0.15) is 8.42 Å². The monoisotopic (exact) mass is 716 g/mol. The van der Waals surface area contributed by atoms with Gasteiger partial charge in [0, 0.05) is 23.2 Å². The molecule has 3 aromatic rings. The van der Waals surface area contributed by atoms with E-state index in [1.54, 1.807) is 6.07 Å². The Morgan fingerprint density at radius 2 is 1.77 bits per heavy atom. The number of hydrogen-bond acceptors (Lipinski definition) is 11. The van der Waals surface area contributed by atoms with Crippen LogP contribution in [0.3, 0.4) is 0 Å². The first-order valence-electron chi connectivity index (χ1n) is 10.7. The molecule has 206 valence electrons. The summed E-state index contributed by atoms with van der Waals surface area (Å²) in [6.07, 6.45) is 1.50. The van der Waals surface area contributed by atoms with E-state index < -0.39 is 25.9 Å². The molecular formula is C23H14ClIN4O9S2. The van der Waals surface area contributed by atoms with E-state index in [0.29, 0.717) is 9.13 Å². The molecule has 1 aliphatic rings. The molecule has 1 fully saturated rings. The summed E-state index contributed by atoms with van der Waals surface area (Å²) in [4.78, 5) is 37.5. The Labute approximate surface area is 248 Å². The highest BCUT2D eigenvalue weighted by Crippen LogP contribution is 2.38. The number of halogens is 2. The van der Waals surface area contributed by atoms with Crippen molar-refractivity contribution in [2.45, 2.75) is 4.90 Å². The van der Waals surface area contributed by atoms with Crippen LogP contribution in [-0.4, -0.2) is 36.4 Å². The maximum absolute atomic E-state index is 12.8. The van der Waals surface area contributed by atoms with Gasteiger partial charge in [-0.3, -0.25) is 25.0 Å². The van der Waals surface area contributed by atoms with E-state index in [1.165, 1.54) is 31.4 Å². The second-order valence-electron chi connectivity index (χ2n) is 7.69. The lowest BCUT2D eigenvalue weighted by Gasteiger charge is -2.13.